The number of para-hydroxylation sites is 1. The van der Waals surface area contributed by atoms with Crippen LogP contribution in [0.3, 0.4) is 0 Å². The van der Waals surface area contributed by atoms with E-state index in [1.165, 1.54) is 6.92 Å². The second-order valence-corrected chi connectivity index (χ2v) is 4.33. The first-order valence-electron chi connectivity index (χ1n) is 5.00. The van der Waals surface area contributed by atoms with Crippen molar-refractivity contribution in [2.45, 2.75) is 13.0 Å². The van der Waals surface area contributed by atoms with Crippen LogP contribution in [0.5, 0.6) is 0 Å². The van der Waals surface area contributed by atoms with E-state index in [9.17, 15) is 4.79 Å². The molecule has 1 heterocycles. The molecule has 1 aromatic heterocycles. The van der Waals surface area contributed by atoms with Crippen LogP contribution in [0.2, 0.25) is 0 Å². The highest BCUT2D eigenvalue weighted by Crippen LogP contribution is 2.28. The molecule has 1 aromatic carbocycles. The zero-order chi connectivity index (χ0) is 12.4. The summed E-state index contributed by atoms with van der Waals surface area (Å²) in [5.74, 6) is -0.540. The number of H-pyrrole nitrogens is 1. The Hall–Kier alpha value is -1.80. The van der Waals surface area contributed by atoms with Crippen LogP contribution in [0.4, 0.5) is 0 Å². The smallest absolute Gasteiger partial charge is 0.357 e. The van der Waals surface area contributed by atoms with Crippen LogP contribution in [-0.2, 0) is 4.74 Å². The van der Waals surface area contributed by atoms with Gasteiger partial charge in [-0.15, -0.1) is 0 Å². The van der Waals surface area contributed by atoms with Crippen molar-refractivity contribution < 1.29 is 9.53 Å². The van der Waals surface area contributed by atoms with Crippen molar-refractivity contribution in [1.82, 2.24) is 4.98 Å². The monoisotopic (exact) mass is 292 g/mol. The van der Waals surface area contributed by atoms with Gasteiger partial charge < -0.3 is 9.72 Å². The molecule has 0 spiro atoms. The molecule has 1 unspecified atom stereocenters. The van der Waals surface area contributed by atoms with Gasteiger partial charge in [0.15, 0.2) is 6.10 Å². The van der Waals surface area contributed by atoms with E-state index in [2.05, 4.69) is 20.9 Å². The molecule has 0 amide bonds. The lowest BCUT2D eigenvalue weighted by molar-refractivity contribution is 0.0428. The van der Waals surface area contributed by atoms with Gasteiger partial charge in [-0.3, -0.25) is 0 Å². The number of fused-ring (bicyclic) bond motifs is 1. The van der Waals surface area contributed by atoms with Gasteiger partial charge in [-0.25, -0.2) is 4.79 Å². The fourth-order valence-corrected chi connectivity index (χ4v) is 2.10. The largest absolute Gasteiger partial charge is 0.443 e. The Morgan fingerprint density at radius 2 is 2.24 bits per heavy atom. The third-order valence-corrected chi connectivity index (χ3v) is 3.14. The minimum Gasteiger partial charge on any atom is -0.443 e. The molecule has 1 N–H and O–H groups in total. The normalized spacial score (nSPS) is 12.1. The summed E-state index contributed by atoms with van der Waals surface area (Å²) >= 11 is 3.35. The lowest BCUT2D eigenvalue weighted by atomic mass is 10.2. The van der Waals surface area contributed by atoms with Crippen molar-refractivity contribution in [3.05, 3.63) is 34.4 Å². The van der Waals surface area contributed by atoms with Crippen molar-refractivity contribution in [1.29, 1.82) is 5.26 Å². The molecule has 0 saturated heterocycles. The molecule has 2 rings (SSSR count). The maximum atomic E-state index is 11.8. The van der Waals surface area contributed by atoms with Crippen molar-refractivity contribution in [3.63, 3.8) is 0 Å². The maximum Gasteiger partial charge on any atom is 0.357 e. The Labute approximate surface area is 106 Å². The van der Waals surface area contributed by atoms with Crippen LogP contribution < -0.4 is 0 Å². The minimum absolute atomic E-state index is 0.327. The van der Waals surface area contributed by atoms with Crippen LogP contribution in [0.25, 0.3) is 10.9 Å². The summed E-state index contributed by atoms with van der Waals surface area (Å²) in [6, 6.07) is 9.36. The molecule has 4 nitrogen and oxygen atoms in total. The van der Waals surface area contributed by atoms with E-state index in [1.54, 1.807) is 0 Å². The Morgan fingerprint density at radius 3 is 2.88 bits per heavy atom. The molecule has 5 heteroatoms. The number of nitrogens with one attached hydrogen (secondary N) is 1. The standard InChI is InChI=1S/C12H9BrN2O2/c1-7(6-14)17-12(16)11-10(13)8-4-2-3-5-9(8)15-11/h2-5,7,15H,1H3. The summed E-state index contributed by atoms with van der Waals surface area (Å²) in [6.07, 6.45) is -0.763. The lowest BCUT2D eigenvalue weighted by Crippen LogP contribution is -2.13. The number of ether oxygens (including phenoxy) is 1. The number of aromatic nitrogens is 1. The quantitative estimate of drug-likeness (QED) is 0.865. The molecule has 0 aliphatic carbocycles. The fourth-order valence-electron chi connectivity index (χ4n) is 1.49. The molecular weight excluding hydrogens is 284 g/mol. The zero-order valence-electron chi connectivity index (χ0n) is 9.03. The molecule has 0 bridgehead atoms. The van der Waals surface area contributed by atoms with Crippen LogP contribution >= 0.6 is 15.9 Å². The van der Waals surface area contributed by atoms with E-state index < -0.39 is 12.1 Å². The third kappa shape index (κ3) is 2.17. The first-order valence-corrected chi connectivity index (χ1v) is 5.79. The van der Waals surface area contributed by atoms with Crippen molar-refractivity contribution in [2.24, 2.45) is 0 Å². The predicted molar refractivity (Wildman–Crippen MR) is 66.5 cm³/mol. The average molecular weight is 293 g/mol. The Morgan fingerprint density at radius 1 is 1.53 bits per heavy atom. The summed E-state index contributed by atoms with van der Waals surface area (Å²) in [7, 11) is 0. The Kier molecular flexibility index (Phi) is 3.16. The summed E-state index contributed by atoms with van der Waals surface area (Å²) in [6.45, 7) is 1.52. The number of hydrogen-bond donors (Lipinski definition) is 1. The second kappa shape index (κ2) is 4.60. The third-order valence-electron chi connectivity index (χ3n) is 2.31. The summed E-state index contributed by atoms with van der Waals surface area (Å²) in [5.41, 5.74) is 1.17. The van der Waals surface area contributed by atoms with Crippen LogP contribution in [0.1, 0.15) is 17.4 Å². The number of nitriles is 1. The first-order chi connectivity index (χ1) is 8.13. The molecule has 0 aliphatic rings. The molecule has 0 aliphatic heterocycles. The Balaban J connectivity index is 2.40. The van der Waals surface area contributed by atoms with Crippen LogP contribution in [0, 0.1) is 11.3 Å². The number of aromatic amines is 1. The highest BCUT2D eigenvalue weighted by atomic mass is 79.9. The van der Waals surface area contributed by atoms with Gasteiger partial charge in [0, 0.05) is 10.9 Å². The van der Waals surface area contributed by atoms with E-state index in [0.29, 0.717) is 10.2 Å². The average Bonchev–Trinajstić information content (AvgIpc) is 2.67. The van der Waals surface area contributed by atoms with Crippen LogP contribution in [0.15, 0.2) is 28.7 Å². The molecule has 86 valence electrons. The number of nitrogens with zero attached hydrogens (tertiary/aromatic N) is 1. The zero-order valence-corrected chi connectivity index (χ0v) is 10.6. The van der Waals surface area contributed by atoms with Crippen molar-refractivity contribution in [2.75, 3.05) is 0 Å². The molecule has 1 atom stereocenters. The van der Waals surface area contributed by atoms with Gasteiger partial charge in [-0.05, 0) is 28.9 Å². The van der Waals surface area contributed by atoms with E-state index in [-0.39, 0.29) is 0 Å². The lowest BCUT2D eigenvalue weighted by Gasteiger charge is -2.04. The number of benzene rings is 1. The first kappa shape index (κ1) is 11.7. The molecule has 0 fully saturated rings. The van der Waals surface area contributed by atoms with Crippen molar-refractivity contribution >= 4 is 32.8 Å². The molecule has 0 radical (unpaired) electrons. The number of hydrogen-bond acceptors (Lipinski definition) is 3. The summed E-state index contributed by atoms with van der Waals surface area (Å²) in [5, 5.41) is 9.50. The van der Waals surface area contributed by atoms with Gasteiger partial charge in [0.1, 0.15) is 11.8 Å². The topological polar surface area (TPSA) is 65.9 Å². The predicted octanol–water partition coefficient (Wildman–Crippen LogP) is 3.00. The second-order valence-electron chi connectivity index (χ2n) is 3.54. The molecule has 17 heavy (non-hydrogen) atoms. The summed E-state index contributed by atoms with van der Waals surface area (Å²) < 4.78 is 5.59. The van der Waals surface area contributed by atoms with Gasteiger partial charge in [0.05, 0.1) is 4.47 Å². The molecule has 2 aromatic rings. The number of esters is 1. The van der Waals surface area contributed by atoms with E-state index in [0.717, 1.165) is 10.9 Å². The van der Waals surface area contributed by atoms with E-state index >= 15 is 0 Å². The number of carbonyl (C=O) groups excluding carboxylic acids is 1. The Bertz CT molecular complexity index is 612. The highest BCUT2D eigenvalue weighted by Gasteiger charge is 2.18. The fraction of sp³-hybridized carbons (Fsp3) is 0.167. The van der Waals surface area contributed by atoms with Gasteiger partial charge in [0.2, 0.25) is 0 Å². The van der Waals surface area contributed by atoms with Crippen molar-refractivity contribution in [3.8, 4) is 6.07 Å². The van der Waals surface area contributed by atoms with Gasteiger partial charge >= 0.3 is 5.97 Å². The van der Waals surface area contributed by atoms with E-state index in [1.807, 2.05) is 30.3 Å². The van der Waals surface area contributed by atoms with Gasteiger partial charge in [0.25, 0.3) is 0 Å². The minimum atomic E-state index is -0.763. The maximum absolute atomic E-state index is 11.8. The van der Waals surface area contributed by atoms with Crippen LogP contribution in [-0.4, -0.2) is 17.1 Å². The number of halogens is 1. The molecular formula is C12H9BrN2O2. The highest BCUT2D eigenvalue weighted by molar-refractivity contribution is 9.10. The number of rotatable bonds is 2. The molecule has 0 saturated carbocycles. The SMILES string of the molecule is CC(C#N)OC(=O)c1[nH]c2ccccc2c1Br. The van der Waals surface area contributed by atoms with Gasteiger partial charge in [-0.1, -0.05) is 18.2 Å². The van der Waals surface area contributed by atoms with E-state index in [4.69, 9.17) is 10.00 Å². The summed E-state index contributed by atoms with van der Waals surface area (Å²) in [4.78, 5) is 14.7. The van der Waals surface area contributed by atoms with Gasteiger partial charge in [-0.2, -0.15) is 5.26 Å². The number of carbonyl (C=O) groups is 1.